The van der Waals surface area contributed by atoms with Crippen molar-refractivity contribution in [3.63, 3.8) is 0 Å². The number of nitrogens with zero attached hydrogens (tertiary/aromatic N) is 5. The average molecular weight is 656 g/mol. The van der Waals surface area contributed by atoms with Gasteiger partial charge in [-0.3, -0.25) is 0 Å². The molecule has 7 aromatic carbocycles. The molecule has 0 N–H and O–H groups in total. The van der Waals surface area contributed by atoms with Crippen molar-refractivity contribution in [1.29, 1.82) is 0 Å². The second-order valence-corrected chi connectivity index (χ2v) is 12.6. The quantitative estimate of drug-likeness (QED) is 0.188. The average Bonchev–Trinajstić information content (AvgIpc) is 3.90. The first-order valence-electron chi connectivity index (χ1n) is 16.8. The van der Waals surface area contributed by atoms with Crippen LogP contribution in [0, 0.1) is 0 Å². The Morgan fingerprint density at radius 3 is 1.59 bits per heavy atom. The fraction of sp³-hybridized carbons (Fsp3) is 0. The lowest BCUT2D eigenvalue weighted by molar-refractivity contribution is 0.669. The SMILES string of the molecule is c1ccc(-n2nc(-c3nc(-c4cccc5c4oc4ccccc45)nc(-c4cccc5c4oc4ccccc45)n3)c3c4ccccc4ccc32)cc1. The minimum Gasteiger partial charge on any atom is -0.455 e. The largest absolute Gasteiger partial charge is 0.455 e. The second-order valence-electron chi connectivity index (χ2n) is 12.6. The summed E-state index contributed by atoms with van der Waals surface area (Å²) in [4.78, 5) is 15.6. The first kappa shape index (κ1) is 27.8. The maximum absolute atomic E-state index is 6.49. The fourth-order valence-electron chi connectivity index (χ4n) is 7.38. The minimum atomic E-state index is 0.451. The van der Waals surface area contributed by atoms with Gasteiger partial charge in [-0.2, -0.15) is 5.10 Å². The zero-order chi connectivity index (χ0) is 33.5. The van der Waals surface area contributed by atoms with Crippen molar-refractivity contribution in [3.05, 3.63) is 152 Å². The molecule has 0 spiro atoms. The fourth-order valence-corrected chi connectivity index (χ4v) is 7.38. The Balaban J connectivity index is 1.25. The van der Waals surface area contributed by atoms with E-state index in [1.54, 1.807) is 0 Å². The van der Waals surface area contributed by atoms with Crippen molar-refractivity contribution in [2.45, 2.75) is 0 Å². The Bertz CT molecular complexity index is 3020. The molecular formula is C44H25N5O2. The molecule has 0 amide bonds. The van der Waals surface area contributed by atoms with Crippen molar-refractivity contribution in [2.24, 2.45) is 0 Å². The van der Waals surface area contributed by atoms with Gasteiger partial charge in [-0.25, -0.2) is 19.6 Å². The molecule has 238 valence electrons. The lowest BCUT2D eigenvalue weighted by Gasteiger charge is -2.08. The Morgan fingerprint density at radius 1 is 0.412 bits per heavy atom. The van der Waals surface area contributed by atoms with E-state index in [1.165, 1.54) is 0 Å². The molecule has 0 atom stereocenters. The zero-order valence-corrected chi connectivity index (χ0v) is 27.0. The number of fused-ring (bicyclic) bond motifs is 9. The molecule has 0 aliphatic heterocycles. The molecule has 0 aliphatic carbocycles. The van der Waals surface area contributed by atoms with E-state index in [-0.39, 0.29) is 0 Å². The van der Waals surface area contributed by atoms with Gasteiger partial charge in [-0.15, -0.1) is 0 Å². The van der Waals surface area contributed by atoms with E-state index in [4.69, 9.17) is 28.9 Å². The topological polar surface area (TPSA) is 82.8 Å². The van der Waals surface area contributed by atoms with E-state index in [0.29, 0.717) is 34.3 Å². The van der Waals surface area contributed by atoms with Gasteiger partial charge in [0.05, 0.1) is 22.3 Å². The summed E-state index contributed by atoms with van der Waals surface area (Å²) in [6, 6.07) is 51.1. The molecular weight excluding hydrogens is 631 g/mol. The van der Waals surface area contributed by atoms with Crippen molar-refractivity contribution in [3.8, 4) is 40.0 Å². The Hall–Kier alpha value is -7.12. The van der Waals surface area contributed by atoms with Crippen LogP contribution in [0.25, 0.3) is 106 Å². The summed E-state index contributed by atoms with van der Waals surface area (Å²) in [5.41, 5.74) is 7.13. The van der Waals surface area contributed by atoms with Crippen molar-refractivity contribution < 1.29 is 8.83 Å². The van der Waals surface area contributed by atoms with Crippen molar-refractivity contribution in [2.75, 3.05) is 0 Å². The van der Waals surface area contributed by atoms with Gasteiger partial charge in [-0.1, -0.05) is 109 Å². The predicted molar refractivity (Wildman–Crippen MR) is 203 cm³/mol. The summed E-state index contributed by atoms with van der Waals surface area (Å²) >= 11 is 0. The number of aromatic nitrogens is 5. The van der Waals surface area contributed by atoms with E-state index in [9.17, 15) is 0 Å². The second kappa shape index (κ2) is 10.7. The molecule has 0 saturated heterocycles. The van der Waals surface area contributed by atoms with Crippen LogP contribution >= 0.6 is 0 Å². The lowest BCUT2D eigenvalue weighted by atomic mass is 10.0. The molecule has 0 bridgehead atoms. The van der Waals surface area contributed by atoms with Gasteiger partial charge in [0.25, 0.3) is 0 Å². The molecule has 0 aliphatic rings. The highest BCUT2D eigenvalue weighted by Crippen LogP contribution is 2.40. The highest BCUT2D eigenvalue weighted by atomic mass is 16.3. The highest BCUT2D eigenvalue weighted by Gasteiger charge is 2.24. The van der Waals surface area contributed by atoms with Gasteiger partial charge in [-0.05, 0) is 53.2 Å². The third-order valence-electron chi connectivity index (χ3n) is 9.71. The molecule has 4 heterocycles. The van der Waals surface area contributed by atoms with E-state index in [1.807, 2.05) is 83.5 Å². The summed E-state index contributed by atoms with van der Waals surface area (Å²) in [5, 5.41) is 12.5. The van der Waals surface area contributed by atoms with Gasteiger partial charge in [0.2, 0.25) is 0 Å². The van der Waals surface area contributed by atoms with E-state index < -0.39 is 0 Å². The number of hydrogen-bond donors (Lipinski definition) is 0. The zero-order valence-electron chi connectivity index (χ0n) is 27.0. The third kappa shape index (κ3) is 4.18. The van der Waals surface area contributed by atoms with E-state index in [0.717, 1.165) is 71.2 Å². The smallest absolute Gasteiger partial charge is 0.185 e. The standard InChI is InChI=1S/C44H25N5O2/c1-2-13-27(14-3-1)49-35-25-24-26-12-4-5-15-28(26)38(35)39(48-49)44-46-42(33-20-10-18-31-29-16-6-8-22-36(29)50-40(31)33)45-43(47-44)34-21-11-19-32-30-17-7-9-23-37(30)51-41(32)34/h1-25H. The molecule has 0 fully saturated rings. The first-order chi connectivity index (χ1) is 25.3. The molecule has 4 aromatic heterocycles. The van der Waals surface area contributed by atoms with Crippen LogP contribution in [0.2, 0.25) is 0 Å². The summed E-state index contributed by atoms with van der Waals surface area (Å²) in [7, 11) is 0. The van der Waals surface area contributed by atoms with Crippen LogP contribution in [-0.2, 0) is 0 Å². The van der Waals surface area contributed by atoms with Crippen LogP contribution in [0.1, 0.15) is 0 Å². The van der Waals surface area contributed by atoms with Crippen molar-refractivity contribution >= 4 is 65.6 Å². The first-order valence-corrected chi connectivity index (χ1v) is 16.8. The van der Waals surface area contributed by atoms with Gasteiger partial charge >= 0.3 is 0 Å². The van der Waals surface area contributed by atoms with Gasteiger partial charge < -0.3 is 8.83 Å². The summed E-state index contributed by atoms with van der Waals surface area (Å²) in [6.07, 6.45) is 0. The van der Waals surface area contributed by atoms with Crippen LogP contribution in [-0.4, -0.2) is 24.7 Å². The maximum atomic E-state index is 6.49. The molecule has 51 heavy (non-hydrogen) atoms. The molecule has 0 unspecified atom stereocenters. The number of benzene rings is 7. The summed E-state index contributed by atoms with van der Waals surface area (Å²) in [6.45, 7) is 0. The Kier molecular flexibility index (Phi) is 5.83. The van der Waals surface area contributed by atoms with Gasteiger partial charge in [0.15, 0.2) is 17.5 Å². The predicted octanol–water partition coefficient (Wildman–Crippen LogP) is 11.2. The molecule has 11 aromatic rings. The summed E-state index contributed by atoms with van der Waals surface area (Å²) < 4.78 is 15.0. The molecule has 0 saturated carbocycles. The Morgan fingerprint density at radius 2 is 0.941 bits per heavy atom. The molecule has 11 rings (SSSR count). The lowest BCUT2D eigenvalue weighted by Crippen LogP contribution is -2.02. The van der Waals surface area contributed by atoms with Crippen molar-refractivity contribution in [1.82, 2.24) is 24.7 Å². The minimum absolute atomic E-state index is 0.451. The number of hydrogen-bond acceptors (Lipinski definition) is 6. The maximum Gasteiger partial charge on any atom is 0.185 e. The van der Waals surface area contributed by atoms with Gasteiger partial charge in [0, 0.05) is 26.9 Å². The molecule has 7 nitrogen and oxygen atoms in total. The normalized spacial score (nSPS) is 11.9. The molecule has 7 heteroatoms. The monoisotopic (exact) mass is 655 g/mol. The number of rotatable bonds is 4. The van der Waals surface area contributed by atoms with Crippen LogP contribution in [0.3, 0.4) is 0 Å². The van der Waals surface area contributed by atoms with Crippen LogP contribution in [0.5, 0.6) is 0 Å². The number of para-hydroxylation sites is 5. The Labute approximate surface area is 290 Å². The highest BCUT2D eigenvalue weighted by molar-refractivity contribution is 6.13. The van der Waals surface area contributed by atoms with E-state index >= 15 is 0 Å². The summed E-state index contributed by atoms with van der Waals surface area (Å²) in [5.74, 6) is 1.41. The number of furan rings is 2. The van der Waals surface area contributed by atoms with Crippen LogP contribution in [0.4, 0.5) is 0 Å². The molecule has 0 radical (unpaired) electrons. The van der Waals surface area contributed by atoms with Crippen LogP contribution in [0.15, 0.2) is 160 Å². The third-order valence-corrected chi connectivity index (χ3v) is 9.71. The van der Waals surface area contributed by atoms with Gasteiger partial charge in [0.1, 0.15) is 28.0 Å². The van der Waals surface area contributed by atoms with E-state index in [2.05, 4.69) is 72.8 Å². The van der Waals surface area contributed by atoms with Crippen LogP contribution < -0.4 is 0 Å².